The number of carbonyl (C=O) groups excluding carboxylic acids is 1. The number of benzene rings is 2. The van der Waals surface area contributed by atoms with Crippen molar-refractivity contribution in [2.45, 2.75) is 18.4 Å². The van der Waals surface area contributed by atoms with Crippen LogP contribution in [0.15, 0.2) is 41.3 Å². The Kier molecular flexibility index (Phi) is 3.94. The normalized spacial score (nSPS) is 13.6. The molecule has 4 nitrogen and oxygen atoms in total. The van der Waals surface area contributed by atoms with E-state index in [2.05, 4.69) is 4.72 Å². The topological polar surface area (TPSA) is 41.6 Å². The Labute approximate surface area is 132 Å². The lowest BCUT2D eigenvalue weighted by molar-refractivity contribution is 0.143. The fourth-order valence-corrected chi connectivity index (χ4v) is 2.87. The molecule has 3 rings (SSSR count). The highest BCUT2D eigenvalue weighted by atomic mass is 32.2. The number of nitrogens with zero attached hydrogens (tertiary/aromatic N) is 1. The van der Waals surface area contributed by atoms with Crippen molar-refractivity contribution in [2.24, 2.45) is 0 Å². The summed E-state index contributed by atoms with van der Waals surface area (Å²) in [5, 5.41) is 0. The molecule has 2 aromatic carbocycles. The molecule has 1 N–H and O–H groups in total. The van der Waals surface area contributed by atoms with Crippen LogP contribution in [0.1, 0.15) is 11.1 Å². The molecular weight excluding hydrogens is 303 g/mol. The fraction of sp³-hybridized carbons (Fsp3) is 0.188. The molecule has 0 bridgehead atoms. The molecule has 2 aromatic rings. The first kappa shape index (κ1) is 14.7. The maximum absolute atomic E-state index is 13.2. The molecule has 0 aromatic heterocycles. The molecule has 0 radical (unpaired) electrons. The average Bonchev–Trinajstić information content (AvgIpc) is 2.52. The highest BCUT2D eigenvalue weighted by Crippen LogP contribution is 2.31. The van der Waals surface area contributed by atoms with Crippen LogP contribution in [-0.4, -0.2) is 13.1 Å². The lowest BCUT2D eigenvalue weighted by Gasteiger charge is -2.25. The van der Waals surface area contributed by atoms with Gasteiger partial charge in [0, 0.05) is 23.2 Å². The summed E-state index contributed by atoms with van der Waals surface area (Å²) in [6, 6.07) is 10.7. The van der Waals surface area contributed by atoms with Gasteiger partial charge >= 0.3 is 6.09 Å². The van der Waals surface area contributed by atoms with Crippen molar-refractivity contribution in [3.05, 3.63) is 53.3 Å². The molecule has 0 unspecified atom stereocenters. The van der Waals surface area contributed by atoms with E-state index in [0.717, 1.165) is 21.8 Å². The Balaban J connectivity index is 1.76. The maximum atomic E-state index is 13.2. The Morgan fingerprint density at radius 3 is 2.86 bits per heavy atom. The van der Waals surface area contributed by atoms with Gasteiger partial charge in [0.1, 0.15) is 12.4 Å². The largest absolute Gasteiger partial charge is 0.444 e. The molecule has 6 heteroatoms. The van der Waals surface area contributed by atoms with Gasteiger partial charge in [0.05, 0.1) is 5.69 Å². The Bertz CT molecular complexity index is 736. The van der Waals surface area contributed by atoms with Gasteiger partial charge in [0.15, 0.2) is 0 Å². The Morgan fingerprint density at radius 1 is 1.27 bits per heavy atom. The molecule has 0 fully saturated rings. The molecule has 1 heterocycles. The van der Waals surface area contributed by atoms with Crippen LogP contribution in [0, 0.1) is 12.7 Å². The minimum Gasteiger partial charge on any atom is -0.444 e. The zero-order chi connectivity index (χ0) is 15.7. The molecule has 0 spiro atoms. The average molecular weight is 318 g/mol. The molecular formula is C16H15FN2O2S. The number of aryl methyl sites for hydroxylation is 1. The third kappa shape index (κ3) is 2.87. The van der Waals surface area contributed by atoms with Crippen LogP contribution in [-0.2, 0) is 11.3 Å². The van der Waals surface area contributed by atoms with Crippen LogP contribution in [0.2, 0.25) is 0 Å². The number of anilines is 2. The molecule has 1 amide bonds. The van der Waals surface area contributed by atoms with Gasteiger partial charge in [0.25, 0.3) is 0 Å². The minimum atomic E-state index is -0.350. The van der Waals surface area contributed by atoms with Crippen molar-refractivity contribution in [1.82, 2.24) is 0 Å². The number of amides is 1. The lowest BCUT2D eigenvalue weighted by atomic mass is 10.1. The molecule has 0 saturated carbocycles. The van der Waals surface area contributed by atoms with Gasteiger partial charge in [-0.25, -0.2) is 9.18 Å². The highest BCUT2D eigenvalue weighted by Gasteiger charge is 2.22. The quantitative estimate of drug-likeness (QED) is 0.855. The minimum absolute atomic E-state index is 0.218. The van der Waals surface area contributed by atoms with E-state index in [9.17, 15) is 9.18 Å². The molecule has 0 saturated heterocycles. The van der Waals surface area contributed by atoms with E-state index in [1.165, 1.54) is 22.9 Å². The molecule has 1 aliphatic heterocycles. The van der Waals surface area contributed by atoms with E-state index in [4.69, 9.17) is 4.74 Å². The number of cyclic esters (lactones) is 1. The van der Waals surface area contributed by atoms with Gasteiger partial charge in [-0.3, -0.25) is 4.90 Å². The number of nitrogens with one attached hydrogen (secondary N) is 1. The van der Waals surface area contributed by atoms with Crippen molar-refractivity contribution >= 4 is 29.4 Å². The number of ether oxygens (including phenoxy) is 1. The van der Waals surface area contributed by atoms with Crippen LogP contribution >= 0.6 is 11.9 Å². The number of hydrogen-bond donors (Lipinski definition) is 1. The summed E-state index contributed by atoms with van der Waals surface area (Å²) in [4.78, 5) is 14.0. The van der Waals surface area contributed by atoms with Crippen LogP contribution in [0.3, 0.4) is 0 Å². The van der Waals surface area contributed by atoms with Gasteiger partial charge in [-0.15, -0.1) is 0 Å². The molecule has 1 aliphatic rings. The summed E-state index contributed by atoms with van der Waals surface area (Å²) in [6.45, 7) is 2.03. The van der Waals surface area contributed by atoms with Crippen molar-refractivity contribution in [3.63, 3.8) is 0 Å². The number of halogens is 1. The number of hydrogen-bond acceptors (Lipinski definition) is 4. The Morgan fingerprint density at radius 2 is 2.09 bits per heavy atom. The van der Waals surface area contributed by atoms with Gasteiger partial charge < -0.3 is 9.46 Å². The smallest absolute Gasteiger partial charge is 0.414 e. The van der Waals surface area contributed by atoms with Crippen LogP contribution in [0.4, 0.5) is 20.6 Å². The van der Waals surface area contributed by atoms with Gasteiger partial charge in [0.2, 0.25) is 0 Å². The molecule has 0 aliphatic carbocycles. The summed E-state index contributed by atoms with van der Waals surface area (Å²) in [5.74, 6) is -0.218. The van der Waals surface area contributed by atoms with Crippen molar-refractivity contribution < 1.29 is 13.9 Å². The predicted molar refractivity (Wildman–Crippen MR) is 85.6 cm³/mol. The third-order valence-electron chi connectivity index (χ3n) is 3.49. The van der Waals surface area contributed by atoms with Crippen LogP contribution < -0.4 is 9.62 Å². The van der Waals surface area contributed by atoms with Gasteiger partial charge in [-0.1, -0.05) is 6.07 Å². The van der Waals surface area contributed by atoms with E-state index in [1.807, 2.05) is 18.2 Å². The van der Waals surface area contributed by atoms with E-state index in [0.29, 0.717) is 12.2 Å². The van der Waals surface area contributed by atoms with E-state index in [1.54, 1.807) is 26.1 Å². The highest BCUT2D eigenvalue weighted by molar-refractivity contribution is 8.00. The lowest BCUT2D eigenvalue weighted by Crippen LogP contribution is -2.31. The second-order valence-electron chi connectivity index (χ2n) is 5.07. The predicted octanol–water partition coefficient (Wildman–Crippen LogP) is 4.34. The van der Waals surface area contributed by atoms with E-state index < -0.39 is 0 Å². The van der Waals surface area contributed by atoms with Gasteiger partial charge in [-0.2, -0.15) is 0 Å². The zero-order valence-electron chi connectivity index (χ0n) is 12.2. The summed E-state index contributed by atoms with van der Waals surface area (Å²) in [7, 11) is 1.69. The van der Waals surface area contributed by atoms with E-state index in [-0.39, 0.29) is 11.9 Å². The fourth-order valence-electron chi connectivity index (χ4n) is 2.20. The first-order valence-electron chi connectivity index (χ1n) is 6.77. The number of fused-ring (bicyclic) bond motifs is 1. The summed E-state index contributed by atoms with van der Waals surface area (Å²) in [6.07, 6.45) is -0.350. The molecule has 114 valence electrons. The second kappa shape index (κ2) is 5.88. The summed E-state index contributed by atoms with van der Waals surface area (Å²) in [5.41, 5.74) is 3.25. The van der Waals surface area contributed by atoms with E-state index >= 15 is 0 Å². The second-order valence-corrected chi connectivity index (χ2v) is 5.95. The summed E-state index contributed by atoms with van der Waals surface area (Å²) < 4.78 is 21.5. The number of carbonyl (C=O) groups is 1. The van der Waals surface area contributed by atoms with Crippen molar-refractivity contribution in [2.75, 3.05) is 16.7 Å². The standard InChI is InChI=1S/C16H15FN2O2S/c1-10-7-12(4-6-14(10)17)18-22-13-5-3-11-9-21-16(20)19(2)15(11)8-13/h3-8,18H,9H2,1-2H3. The first-order valence-corrected chi connectivity index (χ1v) is 7.58. The molecule has 22 heavy (non-hydrogen) atoms. The van der Waals surface area contributed by atoms with Crippen LogP contribution in [0.5, 0.6) is 0 Å². The van der Waals surface area contributed by atoms with Crippen molar-refractivity contribution in [1.29, 1.82) is 0 Å². The monoisotopic (exact) mass is 318 g/mol. The first-order chi connectivity index (χ1) is 10.5. The Hall–Kier alpha value is -2.21. The maximum Gasteiger partial charge on any atom is 0.414 e. The van der Waals surface area contributed by atoms with Gasteiger partial charge in [-0.05, 0) is 54.8 Å². The molecule has 0 atom stereocenters. The SMILES string of the molecule is Cc1cc(NSc2ccc3c(c2)N(C)C(=O)OC3)ccc1F. The number of rotatable bonds is 3. The van der Waals surface area contributed by atoms with Crippen molar-refractivity contribution in [3.8, 4) is 0 Å². The zero-order valence-corrected chi connectivity index (χ0v) is 13.0. The third-order valence-corrected chi connectivity index (χ3v) is 4.32. The summed E-state index contributed by atoms with van der Waals surface area (Å²) >= 11 is 1.41. The van der Waals surface area contributed by atoms with Crippen LogP contribution in [0.25, 0.3) is 0 Å².